The maximum absolute atomic E-state index is 11.8. The quantitative estimate of drug-likeness (QED) is 0.246. The fourth-order valence-corrected chi connectivity index (χ4v) is 2.64. The number of hydrogen-bond donors (Lipinski definition) is 0. The smallest absolute Gasteiger partial charge is 0.731 e. The number of halogens is 1. The van der Waals surface area contributed by atoms with E-state index in [0.29, 0.717) is 9.98 Å². The van der Waals surface area contributed by atoms with Crippen molar-refractivity contribution in [2.75, 3.05) is 6.54 Å². The van der Waals surface area contributed by atoms with Crippen molar-refractivity contribution in [1.29, 1.82) is 0 Å². The summed E-state index contributed by atoms with van der Waals surface area (Å²) in [6.07, 6.45) is -0.0156. The minimum Gasteiger partial charge on any atom is -0.731 e. The molecule has 108 valence electrons. The van der Waals surface area contributed by atoms with Gasteiger partial charge in [0.1, 0.15) is 6.04 Å². The average Bonchev–Trinajstić information content (AvgIpc) is 2.36. The average molecular weight is 357 g/mol. The van der Waals surface area contributed by atoms with E-state index in [0.717, 1.165) is 0 Å². The Balaban J connectivity index is 0.00000220. The van der Waals surface area contributed by atoms with Crippen LogP contribution in [0.5, 0.6) is 0 Å². The number of β-lactam (4-membered cyclic amide) rings is 1. The fourth-order valence-electron chi connectivity index (χ4n) is 1.77. The molecule has 0 aromatic heterocycles. The Morgan fingerprint density at radius 3 is 2.43 bits per heavy atom. The zero-order valence-corrected chi connectivity index (χ0v) is 15.8. The van der Waals surface area contributed by atoms with Crippen molar-refractivity contribution < 1.29 is 73.9 Å². The van der Waals surface area contributed by atoms with Crippen LogP contribution >= 0.6 is 11.8 Å². The van der Waals surface area contributed by atoms with Crippen molar-refractivity contribution in [3.8, 4) is 0 Å². The number of nitrogens with zero attached hydrogens (tertiary/aromatic N) is 2. The third-order valence-corrected chi connectivity index (χ3v) is 4.14. The second kappa shape index (κ2) is 7.51. The van der Waals surface area contributed by atoms with Gasteiger partial charge in [0.15, 0.2) is 10.3 Å². The van der Waals surface area contributed by atoms with Crippen LogP contribution in [0, 0.1) is 0 Å². The summed E-state index contributed by atoms with van der Waals surface area (Å²) in [6.45, 7) is -0.408. The second-order valence-corrected chi connectivity index (χ2v) is 5.87. The van der Waals surface area contributed by atoms with E-state index in [2.05, 4.69) is 0 Å². The molecule has 1 atom stereocenters. The SMILES string of the molecule is O=C(Cc1ccccc1)N(Cl)C1CN(S(=O)(=O)[O-])C1=O.[K+]. The van der Waals surface area contributed by atoms with Crippen LogP contribution in [0.2, 0.25) is 0 Å². The normalized spacial score (nSPS) is 17.7. The van der Waals surface area contributed by atoms with Crippen molar-refractivity contribution in [3.05, 3.63) is 35.9 Å². The number of carbonyl (C=O) groups excluding carboxylic acids is 2. The molecule has 0 bridgehead atoms. The van der Waals surface area contributed by atoms with Crippen LogP contribution in [-0.4, -0.2) is 46.1 Å². The number of benzene rings is 1. The van der Waals surface area contributed by atoms with E-state index in [9.17, 15) is 22.6 Å². The number of hydrogen-bond acceptors (Lipinski definition) is 5. The van der Waals surface area contributed by atoms with Crippen LogP contribution in [0.1, 0.15) is 5.56 Å². The summed E-state index contributed by atoms with van der Waals surface area (Å²) in [5.74, 6) is -1.53. The van der Waals surface area contributed by atoms with E-state index >= 15 is 0 Å². The van der Waals surface area contributed by atoms with Gasteiger partial charge in [-0.25, -0.2) is 17.1 Å². The van der Waals surface area contributed by atoms with Crippen LogP contribution < -0.4 is 51.4 Å². The molecule has 0 radical (unpaired) electrons. The van der Waals surface area contributed by atoms with E-state index < -0.39 is 34.7 Å². The molecule has 1 aliphatic heterocycles. The summed E-state index contributed by atoms with van der Waals surface area (Å²) in [5.41, 5.74) is 0.711. The Labute approximate surface area is 169 Å². The molecule has 2 amide bonds. The Morgan fingerprint density at radius 1 is 1.38 bits per heavy atom. The third-order valence-electron chi connectivity index (χ3n) is 2.85. The Kier molecular flexibility index (Phi) is 6.81. The molecular weight excluding hydrogens is 347 g/mol. The van der Waals surface area contributed by atoms with E-state index in [1.54, 1.807) is 30.3 Å². The van der Waals surface area contributed by atoms with Gasteiger partial charge in [-0.3, -0.25) is 9.59 Å². The first-order chi connectivity index (χ1) is 9.30. The van der Waals surface area contributed by atoms with Crippen molar-refractivity contribution >= 4 is 33.9 Å². The zero-order chi connectivity index (χ0) is 14.9. The molecule has 1 aromatic carbocycles. The molecule has 0 N–H and O–H groups in total. The van der Waals surface area contributed by atoms with Crippen molar-refractivity contribution in [2.45, 2.75) is 12.5 Å². The molecule has 1 aromatic rings. The van der Waals surface area contributed by atoms with Crippen LogP contribution in [0.3, 0.4) is 0 Å². The number of amides is 2. The van der Waals surface area contributed by atoms with Gasteiger partial charge in [0.05, 0.1) is 13.0 Å². The predicted octanol–water partition coefficient (Wildman–Crippen LogP) is -3.11. The Bertz CT molecular complexity index is 639. The first-order valence-electron chi connectivity index (χ1n) is 5.60. The molecule has 1 saturated heterocycles. The van der Waals surface area contributed by atoms with Gasteiger partial charge in [-0.15, -0.1) is 0 Å². The van der Waals surface area contributed by atoms with Gasteiger partial charge in [-0.2, -0.15) is 0 Å². The van der Waals surface area contributed by atoms with Gasteiger partial charge < -0.3 is 4.55 Å². The summed E-state index contributed by atoms with van der Waals surface area (Å²) in [6, 6.07) is 7.62. The van der Waals surface area contributed by atoms with Crippen LogP contribution in [0.15, 0.2) is 30.3 Å². The second-order valence-electron chi connectivity index (χ2n) is 4.21. The van der Waals surface area contributed by atoms with E-state index in [4.69, 9.17) is 11.8 Å². The first-order valence-corrected chi connectivity index (χ1v) is 7.30. The molecule has 0 saturated carbocycles. The van der Waals surface area contributed by atoms with Crippen molar-refractivity contribution in [2.24, 2.45) is 0 Å². The van der Waals surface area contributed by atoms with E-state index in [1.165, 1.54) is 0 Å². The number of rotatable bonds is 4. The molecule has 7 nitrogen and oxygen atoms in total. The summed E-state index contributed by atoms with van der Waals surface area (Å²) in [4.78, 5) is 23.3. The first kappa shape index (κ1) is 19.0. The Morgan fingerprint density at radius 2 is 1.95 bits per heavy atom. The summed E-state index contributed by atoms with van der Waals surface area (Å²) < 4.78 is 32.8. The summed E-state index contributed by atoms with van der Waals surface area (Å²) in [5, 5.41) is 0. The molecule has 1 aliphatic rings. The van der Waals surface area contributed by atoms with Gasteiger partial charge in [-0.05, 0) is 5.56 Å². The summed E-state index contributed by atoms with van der Waals surface area (Å²) >= 11 is 5.73. The molecule has 0 spiro atoms. The van der Waals surface area contributed by atoms with E-state index in [1.807, 2.05) is 0 Å². The molecule has 1 heterocycles. The molecule has 1 fully saturated rings. The molecule has 2 rings (SSSR count). The van der Waals surface area contributed by atoms with Gasteiger partial charge in [0, 0.05) is 11.8 Å². The third kappa shape index (κ3) is 4.49. The van der Waals surface area contributed by atoms with Gasteiger partial charge >= 0.3 is 51.4 Å². The number of carbonyl (C=O) groups is 2. The molecule has 21 heavy (non-hydrogen) atoms. The maximum atomic E-state index is 11.8. The minimum absolute atomic E-state index is 0. The molecular formula is C11H10ClKN2O5S. The van der Waals surface area contributed by atoms with Crippen LogP contribution in [0.4, 0.5) is 0 Å². The zero-order valence-electron chi connectivity index (χ0n) is 11.1. The fraction of sp³-hybridized carbons (Fsp3) is 0.273. The predicted molar refractivity (Wildman–Crippen MR) is 68.0 cm³/mol. The molecule has 1 unspecified atom stereocenters. The van der Waals surface area contributed by atoms with Crippen molar-refractivity contribution in [3.63, 3.8) is 0 Å². The largest absolute Gasteiger partial charge is 1.00 e. The van der Waals surface area contributed by atoms with Crippen LogP contribution in [0.25, 0.3) is 0 Å². The van der Waals surface area contributed by atoms with Gasteiger partial charge in [-0.1, -0.05) is 30.3 Å². The summed E-state index contributed by atoms with van der Waals surface area (Å²) in [7, 11) is -4.83. The molecule has 0 aliphatic carbocycles. The minimum atomic E-state index is -4.83. The standard InChI is InChI=1S/C11H11ClN2O5S.K/c12-14(9-7-13(11(9)16)20(17,18)19)10(15)6-8-4-2-1-3-5-8;/h1-5,9H,6-7H2,(H,17,18,19);/q;+1/p-1. The van der Waals surface area contributed by atoms with Crippen LogP contribution in [-0.2, 0) is 26.3 Å². The monoisotopic (exact) mass is 356 g/mol. The van der Waals surface area contributed by atoms with Gasteiger partial charge in [0.2, 0.25) is 5.91 Å². The molecule has 10 heteroatoms. The van der Waals surface area contributed by atoms with E-state index in [-0.39, 0.29) is 62.1 Å². The van der Waals surface area contributed by atoms with Crippen molar-refractivity contribution in [1.82, 2.24) is 8.72 Å². The van der Waals surface area contributed by atoms with Gasteiger partial charge in [0.25, 0.3) is 5.91 Å². The topological polar surface area (TPSA) is 97.8 Å². The maximum Gasteiger partial charge on any atom is 1.00 e. The Hall–Kier alpha value is -0.00364.